The van der Waals surface area contributed by atoms with E-state index in [0.29, 0.717) is 0 Å². The second kappa shape index (κ2) is 6.08. The van der Waals surface area contributed by atoms with Crippen molar-refractivity contribution >= 4 is 21.6 Å². The second-order valence-electron chi connectivity index (χ2n) is 5.40. The molecular formula is C17H19BrN2O. The van der Waals surface area contributed by atoms with Crippen LogP contribution in [-0.4, -0.2) is 18.6 Å². The van der Waals surface area contributed by atoms with Gasteiger partial charge in [0, 0.05) is 29.8 Å². The van der Waals surface area contributed by atoms with Crippen LogP contribution in [0, 0.1) is 0 Å². The van der Waals surface area contributed by atoms with Crippen molar-refractivity contribution in [2.45, 2.75) is 19.5 Å². The molecule has 0 aliphatic carbocycles. The summed E-state index contributed by atoms with van der Waals surface area (Å²) >= 11 is 3.63. The molecule has 1 aliphatic rings. The number of ether oxygens (including phenoxy) is 1. The Hall–Kier alpha value is -1.52. The Kier molecular flexibility index (Phi) is 4.17. The van der Waals surface area contributed by atoms with Crippen molar-refractivity contribution in [3.05, 3.63) is 57.6 Å². The van der Waals surface area contributed by atoms with Gasteiger partial charge in [-0.25, -0.2) is 0 Å². The third-order valence-electron chi connectivity index (χ3n) is 4.04. The minimum Gasteiger partial charge on any atom is -0.497 e. The molecule has 0 fully saturated rings. The monoisotopic (exact) mass is 346 g/mol. The summed E-state index contributed by atoms with van der Waals surface area (Å²) in [4.78, 5) is 2.43. The Labute approximate surface area is 133 Å². The summed E-state index contributed by atoms with van der Waals surface area (Å²) in [5.41, 5.74) is 10.9. The van der Waals surface area contributed by atoms with E-state index in [0.717, 1.165) is 42.0 Å². The number of benzene rings is 2. The van der Waals surface area contributed by atoms with E-state index in [1.54, 1.807) is 7.11 Å². The van der Waals surface area contributed by atoms with Crippen LogP contribution in [0.5, 0.6) is 5.75 Å². The lowest BCUT2D eigenvalue weighted by molar-refractivity contribution is 0.245. The predicted molar refractivity (Wildman–Crippen MR) is 89.4 cm³/mol. The highest BCUT2D eigenvalue weighted by Gasteiger charge is 2.19. The van der Waals surface area contributed by atoms with Gasteiger partial charge in [-0.1, -0.05) is 28.1 Å². The standard InChI is InChI=1S/C17H19BrN2O/c1-21-14-5-6-16(18)13(9-14)10-20-8-7-12-3-2-4-17(19)15(12)11-20/h2-6,9H,7-8,10-11,19H2,1H3. The zero-order chi connectivity index (χ0) is 14.8. The number of hydrogen-bond acceptors (Lipinski definition) is 3. The molecule has 0 radical (unpaired) electrons. The number of halogens is 1. The van der Waals surface area contributed by atoms with Crippen LogP contribution in [0.4, 0.5) is 5.69 Å². The van der Waals surface area contributed by atoms with Crippen molar-refractivity contribution < 1.29 is 4.74 Å². The van der Waals surface area contributed by atoms with Gasteiger partial charge in [-0.2, -0.15) is 0 Å². The normalized spacial score (nSPS) is 14.8. The average Bonchev–Trinajstić information content (AvgIpc) is 2.50. The van der Waals surface area contributed by atoms with Gasteiger partial charge in [0.25, 0.3) is 0 Å². The Morgan fingerprint density at radius 3 is 2.95 bits per heavy atom. The second-order valence-corrected chi connectivity index (χ2v) is 6.26. The third kappa shape index (κ3) is 3.06. The first-order valence-corrected chi connectivity index (χ1v) is 7.87. The van der Waals surface area contributed by atoms with E-state index in [2.05, 4.69) is 33.0 Å². The highest BCUT2D eigenvalue weighted by atomic mass is 79.9. The topological polar surface area (TPSA) is 38.5 Å². The van der Waals surface area contributed by atoms with Crippen molar-refractivity contribution in [2.75, 3.05) is 19.4 Å². The largest absolute Gasteiger partial charge is 0.497 e. The molecule has 0 amide bonds. The maximum absolute atomic E-state index is 6.12. The lowest BCUT2D eigenvalue weighted by atomic mass is 9.98. The maximum Gasteiger partial charge on any atom is 0.119 e. The van der Waals surface area contributed by atoms with E-state index in [1.807, 2.05) is 24.3 Å². The van der Waals surface area contributed by atoms with E-state index in [1.165, 1.54) is 16.7 Å². The summed E-state index contributed by atoms with van der Waals surface area (Å²) in [6.07, 6.45) is 1.06. The van der Waals surface area contributed by atoms with E-state index in [-0.39, 0.29) is 0 Å². The lowest BCUT2D eigenvalue weighted by Gasteiger charge is -2.30. The fourth-order valence-corrected chi connectivity index (χ4v) is 3.21. The molecule has 2 aromatic rings. The number of rotatable bonds is 3. The summed E-state index contributed by atoms with van der Waals surface area (Å²) < 4.78 is 6.44. The predicted octanol–water partition coefficient (Wildman–Crippen LogP) is 3.60. The highest BCUT2D eigenvalue weighted by Crippen LogP contribution is 2.28. The van der Waals surface area contributed by atoms with Gasteiger partial charge in [0.1, 0.15) is 5.75 Å². The molecule has 0 saturated carbocycles. The molecule has 0 spiro atoms. The Morgan fingerprint density at radius 1 is 1.29 bits per heavy atom. The van der Waals surface area contributed by atoms with Gasteiger partial charge in [0.05, 0.1) is 7.11 Å². The number of nitrogen functional groups attached to an aromatic ring is 1. The molecular weight excluding hydrogens is 328 g/mol. The van der Waals surface area contributed by atoms with E-state index >= 15 is 0 Å². The van der Waals surface area contributed by atoms with Crippen LogP contribution in [0.2, 0.25) is 0 Å². The van der Waals surface area contributed by atoms with E-state index in [4.69, 9.17) is 10.5 Å². The molecule has 3 rings (SSSR count). The first kappa shape index (κ1) is 14.4. The molecule has 0 aromatic heterocycles. The van der Waals surface area contributed by atoms with Crippen molar-refractivity contribution in [3.8, 4) is 5.75 Å². The van der Waals surface area contributed by atoms with Crippen LogP contribution in [0.3, 0.4) is 0 Å². The van der Waals surface area contributed by atoms with Gasteiger partial charge in [-0.3, -0.25) is 4.90 Å². The highest BCUT2D eigenvalue weighted by molar-refractivity contribution is 9.10. The molecule has 2 aromatic carbocycles. The Morgan fingerprint density at radius 2 is 2.14 bits per heavy atom. The van der Waals surface area contributed by atoms with Gasteiger partial charge >= 0.3 is 0 Å². The first-order valence-electron chi connectivity index (χ1n) is 7.08. The number of nitrogens with zero attached hydrogens (tertiary/aromatic N) is 1. The lowest BCUT2D eigenvalue weighted by Crippen LogP contribution is -2.30. The fraction of sp³-hybridized carbons (Fsp3) is 0.294. The number of fused-ring (bicyclic) bond motifs is 1. The average molecular weight is 347 g/mol. The van der Waals surface area contributed by atoms with Crippen LogP contribution in [0.1, 0.15) is 16.7 Å². The van der Waals surface area contributed by atoms with Gasteiger partial charge in [-0.05, 0) is 47.4 Å². The molecule has 4 heteroatoms. The Balaban J connectivity index is 1.80. The molecule has 2 N–H and O–H groups in total. The smallest absolute Gasteiger partial charge is 0.119 e. The van der Waals surface area contributed by atoms with Crippen molar-refractivity contribution in [2.24, 2.45) is 0 Å². The minimum atomic E-state index is 0.894. The molecule has 0 saturated heterocycles. The summed E-state index contributed by atoms with van der Waals surface area (Å²) in [7, 11) is 1.70. The molecule has 21 heavy (non-hydrogen) atoms. The quantitative estimate of drug-likeness (QED) is 0.863. The zero-order valence-corrected chi connectivity index (χ0v) is 13.7. The van der Waals surface area contributed by atoms with Gasteiger partial charge in [0.2, 0.25) is 0 Å². The third-order valence-corrected chi connectivity index (χ3v) is 4.81. The van der Waals surface area contributed by atoms with Crippen molar-refractivity contribution in [1.82, 2.24) is 4.90 Å². The molecule has 3 nitrogen and oxygen atoms in total. The van der Waals surface area contributed by atoms with Crippen LogP contribution in [0.25, 0.3) is 0 Å². The van der Waals surface area contributed by atoms with Gasteiger partial charge in [-0.15, -0.1) is 0 Å². The van der Waals surface area contributed by atoms with Crippen LogP contribution < -0.4 is 10.5 Å². The number of hydrogen-bond donors (Lipinski definition) is 1. The Bertz CT molecular complexity index is 657. The molecule has 0 unspecified atom stereocenters. The molecule has 1 heterocycles. The number of anilines is 1. The molecule has 110 valence electrons. The summed E-state index contributed by atoms with van der Waals surface area (Å²) in [5, 5.41) is 0. The van der Waals surface area contributed by atoms with Crippen molar-refractivity contribution in [3.63, 3.8) is 0 Å². The molecule has 0 atom stereocenters. The zero-order valence-electron chi connectivity index (χ0n) is 12.1. The number of nitrogens with two attached hydrogens (primary N) is 1. The summed E-state index contributed by atoms with van der Waals surface area (Å²) in [5.74, 6) is 0.894. The molecule has 1 aliphatic heterocycles. The van der Waals surface area contributed by atoms with Crippen molar-refractivity contribution in [1.29, 1.82) is 0 Å². The summed E-state index contributed by atoms with van der Waals surface area (Å²) in [6, 6.07) is 12.3. The van der Waals surface area contributed by atoms with Gasteiger partial charge < -0.3 is 10.5 Å². The first-order chi connectivity index (χ1) is 10.2. The fourth-order valence-electron chi connectivity index (χ4n) is 2.84. The van der Waals surface area contributed by atoms with E-state index in [9.17, 15) is 0 Å². The van der Waals surface area contributed by atoms with Crippen LogP contribution in [0.15, 0.2) is 40.9 Å². The number of methoxy groups -OCH3 is 1. The van der Waals surface area contributed by atoms with Crippen LogP contribution in [-0.2, 0) is 19.5 Å². The minimum absolute atomic E-state index is 0.894. The van der Waals surface area contributed by atoms with E-state index < -0.39 is 0 Å². The SMILES string of the molecule is COc1ccc(Br)c(CN2CCc3cccc(N)c3C2)c1. The van der Waals surface area contributed by atoms with Crippen LogP contribution >= 0.6 is 15.9 Å². The molecule has 0 bridgehead atoms. The maximum atomic E-state index is 6.12. The summed E-state index contributed by atoms with van der Waals surface area (Å²) in [6.45, 7) is 2.86. The van der Waals surface area contributed by atoms with Gasteiger partial charge in [0.15, 0.2) is 0 Å².